The Morgan fingerprint density at radius 3 is 2.26 bits per heavy atom. The van der Waals surface area contributed by atoms with E-state index in [2.05, 4.69) is 5.32 Å². The second-order valence-electron chi connectivity index (χ2n) is 6.40. The molecular formula is C19H23NO3. The second-order valence-corrected chi connectivity index (χ2v) is 6.40. The van der Waals surface area contributed by atoms with Gasteiger partial charge in [-0.05, 0) is 68.1 Å². The second kappa shape index (κ2) is 6.73. The molecule has 0 saturated carbocycles. The Balaban J connectivity index is 2.23. The molecule has 122 valence electrons. The molecule has 0 aliphatic heterocycles. The molecule has 2 N–H and O–H groups in total. The summed E-state index contributed by atoms with van der Waals surface area (Å²) in [5.74, 6) is 0.243. The van der Waals surface area contributed by atoms with E-state index in [0.29, 0.717) is 0 Å². The zero-order valence-corrected chi connectivity index (χ0v) is 14.0. The Morgan fingerprint density at radius 2 is 1.70 bits per heavy atom. The maximum atomic E-state index is 11.9. The Labute approximate surface area is 137 Å². The fraction of sp³-hybridized carbons (Fsp3) is 0.316. The van der Waals surface area contributed by atoms with Gasteiger partial charge in [-0.15, -0.1) is 0 Å². The average molecular weight is 313 g/mol. The van der Waals surface area contributed by atoms with E-state index >= 15 is 0 Å². The summed E-state index contributed by atoms with van der Waals surface area (Å²) < 4.78 is 5.29. The van der Waals surface area contributed by atoms with Crippen LogP contribution in [0.25, 0.3) is 11.1 Å². The van der Waals surface area contributed by atoms with Crippen LogP contribution in [0.5, 0.6) is 5.75 Å². The van der Waals surface area contributed by atoms with Crippen molar-refractivity contribution in [3.63, 3.8) is 0 Å². The van der Waals surface area contributed by atoms with Crippen molar-refractivity contribution in [2.45, 2.75) is 39.7 Å². The number of aromatic hydroxyl groups is 1. The van der Waals surface area contributed by atoms with E-state index in [-0.39, 0.29) is 5.75 Å². The molecule has 0 aliphatic rings. The molecule has 2 rings (SSSR count). The molecule has 0 atom stereocenters. The normalized spacial score (nSPS) is 11.1. The first kappa shape index (κ1) is 16.9. The molecule has 4 nitrogen and oxygen atoms in total. The van der Waals surface area contributed by atoms with Gasteiger partial charge in [-0.1, -0.05) is 25.1 Å². The number of benzene rings is 2. The van der Waals surface area contributed by atoms with E-state index in [1.165, 1.54) is 0 Å². The van der Waals surface area contributed by atoms with Crippen LogP contribution in [-0.2, 0) is 11.2 Å². The minimum absolute atomic E-state index is 0.243. The number of phenols is 1. The number of aryl methyl sites for hydroxylation is 1. The molecule has 0 saturated heterocycles. The summed E-state index contributed by atoms with van der Waals surface area (Å²) in [5, 5.41) is 12.2. The lowest BCUT2D eigenvalue weighted by Gasteiger charge is -2.20. The number of carbonyl (C=O) groups is 1. The molecule has 23 heavy (non-hydrogen) atoms. The number of phenolic OH excluding ortho intramolecular Hbond substituents is 1. The zero-order valence-electron chi connectivity index (χ0n) is 14.0. The van der Waals surface area contributed by atoms with Gasteiger partial charge in [0.1, 0.15) is 11.4 Å². The van der Waals surface area contributed by atoms with Crippen molar-refractivity contribution in [2.24, 2.45) is 0 Å². The highest BCUT2D eigenvalue weighted by Gasteiger charge is 2.17. The van der Waals surface area contributed by atoms with Gasteiger partial charge in [0.25, 0.3) is 0 Å². The summed E-state index contributed by atoms with van der Waals surface area (Å²) in [4.78, 5) is 11.9. The van der Waals surface area contributed by atoms with Gasteiger partial charge < -0.3 is 9.84 Å². The fourth-order valence-corrected chi connectivity index (χ4v) is 2.26. The SMILES string of the molecule is CCc1cc(-c2ccc(O)cc2)ccc1NC(=O)OC(C)(C)C. The van der Waals surface area contributed by atoms with Gasteiger partial charge in [0.2, 0.25) is 0 Å². The first-order chi connectivity index (χ1) is 10.8. The van der Waals surface area contributed by atoms with Crippen LogP contribution in [0.3, 0.4) is 0 Å². The summed E-state index contributed by atoms with van der Waals surface area (Å²) in [5.41, 5.74) is 3.31. The van der Waals surface area contributed by atoms with Crippen molar-refractivity contribution in [1.82, 2.24) is 0 Å². The van der Waals surface area contributed by atoms with Crippen molar-refractivity contribution in [3.05, 3.63) is 48.0 Å². The molecule has 0 radical (unpaired) electrons. The van der Waals surface area contributed by atoms with Gasteiger partial charge in [0, 0.05) is 5.69 Å². The fourth-order valence-electron chi connectivity index (χ4n) is 2.26. The third-order valence-corrected chi connectivity index (χ3v) is 3.32. The van der Waals surface area contributed by atoms with Crippen LogP contribution in [-0.4, -0.2) is 16.8 Å². The van der Waals surface area contributed by atoms with E-state index in [1.807, 2.05) is 58.0 Å². The summed E-state index contributed by atoms with van der Waals surface area (Å²) in [7, 11) is 0. The molecule has 1 amide bonds. The zero-order chi connectivity index (χ0) is 17.0. The first-order valence-electron chi connectivity index (χ1n) is 7.71. The van der Waals surface area contributed by atoms with Crippen LogP contribution in [0.4, 0.5) is 10.5 Å². The number of amides is 1. The number of carbonyl (C=O) groups excluding carboxylic acids is 1. The molecule has 0 aliphatic carbocycles. The van der Waals surface area contributed by atoms with Crippen LogP contribution >= 0.6 is 0 Å². The third kappa shape index (κ3) is 4.74. The van der Waals surface area contributed by atoms with E-state index in [4.69, 9.17) is 4.74 Å². The largest absolute Gasteiger partial charge is 0.508 e. The molecule has 0 unspecified atom stereocenters. The Hall–Kier alpha value is -2.49. The van der Waals surface area contributed by atoms with Crippen LogP contribution < -0.4 is 5.32 Å². The Morgan fingerprint density at radius 1 is 1.09 bits per heavy atom. The summed E-state index contributed by atoms with van der Waals surface area (Å²) in [6.07, 6.45) is 0.335. The van der Waals surface area contributed by atoms with Gasteiger partial charge >= 0.3 is 6.09 Å². The smallest absolute Gasteiger partial charge is 0.412 e. The minimum Gasteiger partial charge on any atom is -0.508 e. The summed E-state index contributed by atoms with van der Waals surface area (Å²) in [6.45, 7) is 7.54. The molecule has 0 spiro atoms. The number of ether oxygens (including phenoxy) is 1. The van der Waals surface area contributed by atoms with Gasteiger partial charge in [0.05, 0.1) is 0 Å². The number of hydrogen-bond donors (Lipinski definition) is 2. The van der Waals surface area contributed by atoms with Crippen LogP contribution in [0.2, 0.25) is 0 Å². The molecule has 4 heteroatoms. The standard InChI is InChI=1S/C19H23NO3/c1-5-13-12-15(14-6-9-16(21)10-7-14)8-11-17(13)20-18(22)23-19(2,3)4/h6-12,21H,5H2,1-4H3,(H,20,22). The first-order valence-corrected chi connectivity index (χ1v) is 7.71. The lowest BCUT2D eigenvalue weighted by Crippen LogP contribution is -2.27. The van der Waals surface area contributed by atoms with Crippen molar-refractivity contribution in [3.8, 4) is 16.9 Å². The molecule has 2 aromatic carbocycles. The lowest BCUT2D eigenvalue weighted by molar-refractivity contribution is 0.0636. The topological polar surface area (TPSA) is 58.6 Å². The average Bonchev–Trinajstić information content (AvgIpc) is 2.46. The van der Waals surface area contributed by atoms with Crippen molar-refractivity contribution in [1.29, 1.82) is 0 Å². The maximum absolute atomic E-state index is 11.9. The highest BCUT2D eigenvalue weighted by Crippen LogP contribution is 2.27. The predicted molar refractivity (Wildman–Crippen MR) is 92.8 cm³/mol. The van der Waals surface area contributed by atoms with Crippen LogP contribution in [0.1, 0.15) is 33.3 Å². The van der Waals surface area contributed by atoms with E-state index < -0.39 is 11.7 Å². The van der Waals surface area contributed by atoms with Crippen molar-refractivity contribution < 1.29 is 14.6 Å². The highest BCUT2D eigenvalue weighted by molar-refractivity contribution is 5.86. The van der Waals surface area contributed by atoms with Gasteiger partial charge in [-0.2, -0.15) is 0 Å². The summed E-state index contributed by atoms with van der Waals surface area (Å²) in [6, 6.07) is 12.9. The Bertz CT molecular complexity index is 685. The molecule has 0 aromatic heterocycles. The highest BCUT2D eigenvalue weighted by atomic mass is 16.6. The lowest BCUT2D eigenvalue weighted by atomic mass is 10.0. The summed E-state index contributed by atoms with van der Waals surface area (Å²) >= 11 is 0. The molecule has 0 bridgehead atoms. The molecule has 2 aromatic rings. The van der Waals surface area contributed by atoms with E-state index in [9.17, 15) is 9.90 Å². The number of nitrogens with one attached hydrogen (secondary N) is 1. The van der Waals surface area contributed by atoms with Crippen LogP contribution in [0, 0.1) is 0 Å². The van der Waals surface area contributed by atoms with Gasteiger partial charge in [-0.3, -0.25) is 5.32 Å². The monoisotopic (exact) mass is 313 g/mol. The van der Waals surface area contributed by atoms with Crippen molar-refractivity contribution in [2.75, 3.05) is 5.32 Å². The molecule has 0 heterocycles. The third-order valence-electron chi connectivity index (χ3n) is 3.32. The van der Waals surface area contributed by atoms with Gasteiger partial charge in [-0.25, -0.2) is 4.79 Å². The quantitative estimate of drug-likeness (QED) is 0.841. The number of rotatable bonds is 3. The van der Waals surface area contributed by atoms with Crippen molar-refractivity contribution >= 4 is 11.8 Å². The predicted octanol–water partition coefficient (Wildman–Crippen LogP) is 4.97. The minimum atomic E-state index is -0.525. The number of hydrogen-bond acceptors (Lipinski definition) is 3. The molecule has 0 fully saturated rings. The maximum Gasteiger partial charge on any atom is 0.412 e. The Kier molecular flexibility index (Phi) is 4.94. The van der Waals surface area contributed by atoms with E-state index in [0.717, 1.165) is 28.8 Å². The molecular weight excluding hydrogens is 290 g/mol. The van der Waals surface area contributed by atoms with E-state index in [1.54, 1.807) is 12.1 Å². The number of anilines is 1. The van der Waals surface area contributed by atoms with Gasteiger partial charge in [0.15, 0.2) is 0 Å². The van der Waals surface area contributed by atoms with Crippen LogP contribution in [0.15, 0.2) is 42.5 Å².